The van der Waals surface area contributed by atoms with Gasteiger partial charge < -0.3 is 16.8 Å². The molecule has 6 nitrogen and oxygen atoms in total. The summed E-state index contributed by atoms with van der Waals surface area (Å²) in [5.41, 5.74) is 11.8. The van der Waals surface area contributed by atoms with Crippen LogP contribution in [-0.2, 0) is 4.79 Å². The van der Waals surface area contributed by atoms with Gasteiger partial charge in [-0.05, 0) is 18.2 Å². The summed E-state index contributed by atoms with van der Waals surface area (Å²) in [4.78, 5) is 19.8. The highest BCUT2D eigenvalue weighted by molar-refractivity contribution is 7.99. The first kappa shape index (κ1) is 15.4. The van der Waals surface area contributed by atoms with Crippen LogP contribution in [0, 0.1) is 0 Å². The second-order valence-electron chi connectivity index (χ2n) is 4.16. The quantitative estimate of drug-likeness (QED) is 0.576. The average molecular weight is 324 g/mol. The van der Waals surface area contributed by atoms with E-state index in [4.69, 9.17) is 23.1 Å². The molecule has 2 aromatic rings. The molecule has 0 saturated heterocycles. The average Bonchev–Trinajstić information content (AvgIpc) is 2.37. The van der Waals surface area contributed by atoms with E-state index < -0.39 is 0 Å². The molecule has 1 aromatic carbocycles. The third kappa shape index (κ3) is 5.13. The van der Waals surface area contributed by atoms with Gasteiger partial charge in [-0.3, -0.25) is 4.79 Å². The number of carbonyl (C=O) groups excluding carboxylic acids is 1. The number of nitrogens with two attached hydrogens (primary N) is 2. The number of halogens is 1. The summed E-state index contributed by atoms with van der Waals surface area (Å²) in [7, 11) is 0. The van der Waals surface area contributed by atoms with Gasteiger partial charge in [0.15, 0.2) is 5.16 Å². The maximum atomic E-state index is 11.8. The van der Waals surface area contributed by atoms with E-state index in [-0.39, 0.29) is 5.91 Å². The van der Waals surface area contributed by atoms with Crippen LogP contribution in [-0.4, -0.2) is 21.6 Å². The van der Waals surface area contributed by atoms with Crippen LogP contribution in [0.2, 0.25) is 5.02 Å². The number of nitrogens with zero attached hydrogens (tertiary/aromatic N) is 2. The van der Waals surface area contributed by atoms with Crippen molar-refractivity contribution in [1.29, 1.82) is 0 Å². The molecule has 110 valence electrons. The summed E-state index contributed by atoms with van der Waals surface area (Å²) in [6.45, 7) is 0. The van der Waals surface area contributed by atoms with E-state index in [2.05, 4.69) is 15.3 Å². The van der Waals surface area contributed by atoms with Gasteiger partial charge in [0.1, 0.15) is 11.6 Å². The van der Waals surface area contributed by atoms with E-state index in [0.717, 1.165) is 0 Å². The fraction of sp³-hybridized carbons (Fsp3) is 0.154. The van der Waals surface area contributed by atoms with Gasteiger partial charge in [0.05, 0.1) is 0 Å². The predicted octanol–water partition coefficient (Wildman–Crippen LogP) is 2.42. The number of hydrogen-bond donors (Lipinski definition) is 3. The Morgan fingerprint density at radius 2 is 1.95 bits per heavy atom. The van der Waals surface area contributed by atoms with Gasteiger partial charge in [-0.2, -0.15) is 0 Å². The normalized spacial score (nSPS) is 10.3. The standard InChI is InChI=1S/C13H14ClN5OS/c14-8-2-1-3-9(6-8)17-12(20)4-5-21-13-18-10(15)7-11(16)19-13/h1-3,6-7H,4-5H2,(H,17,20)(H4,15,16,18,19). The fourth-order valence-electron chi connectivity index (χ4n) is 1.55. The Balaban J connectivity index is 1.81. The zero-order chi connectivity index (χ0) is 15.2. The molecule has 1 aromatic heterocycles. The lowest BCUT2D eigenvalue weighted by Crippen LogP contribution is -2.12. The van der Waals surface area contributed by atoms with Crippen LogP contribution in [0.1, 0.15) is 6.42 Å². The highest BCUT2D eigenvalue weighted by Gasteiger charge is 2.06. The molecule has 0 radical (unpaired) electrons. The van der Waals surface area contributed by atoms with Crippen molar-refractivity contribution < 1.29 is 4.79 Å². The minimum atomic E-state index is -0.110. The number of hydrogen-bond acceptors (Lipinski definition) is 6. The molecule has 0 fully saturated rings. The summed E-state index contributed by atoms with van der Waals surface area (Å²) in [6.07, 6.45) is 0.315. The van der Waals surface area contributed by atoms with Gasteiger partial charge in [-0.15, -0.1) is 0 Å². The summed E-state index contributed by atoms with van der Waals surface area (Å²) in [5, 5.41) is 3.80. The van der Waals surface area contributed by atoms with E-state index in [1.165, 1.54) is 17.8 Å². The monoisotopic (exact) mass is 323 g/mol. The number of amides is 1. The number of carbonyl (C=O) groups is 1. The molecule has 21 heavy (non-hydrogen) atoms. The highest BCUT2D eigenvalue weighted by atomic mass is 35.5. The summed E-state index contributed by atoms with van der Waals surface area (Å²) in [5.74, 6) is 1.04. The van der Waals surface area contributed by atoms with Gasteiger partial charge >= 0.3 is 0 Å². The Kier molecular flexibility index (Phi) is 5.24. The van der Waals surface area contributed by atoms with Gasteiger partial charge in [0.25, 0.3) is 0 Å². The fourth-order valence-corrected chi connectivity index (χ4v) is 2.55. The van der Waals surface area contributed by atoms with Crippen LogP contribution in [0.15, 0.2) is 35.5 Å². The smallest absolute Gasteiger partial charge is 0.225 e. The number of nitrogen functional groups attached to an aromatic ring is 2. The Morgan fingerprint density at radius 1 is 1.24 bits per heavy atom. The molecule has 0 bridgehead atoms. The van der Waals surface area contributed by atoms with Crippen LogP contribution in [0.4, 0.5) is 17.3 Å². The lowest BCUT2D eigenvalue weighted by Gasteiger charge is -2.05. The van der Waals surface area contributed by atoms with Crippen molar-refractivity contribution >= 4 is 46.6 Å². The maximum absolute atomic E-state index is 11.8. The van der Waals surface area contributed by atoms with Crippen LogP contribution >= 0.6 is 23.4 Å². The Morgan fingerprint density at radius 3 is 2.62 bits per heavy atom. The van der Waals surface area contributed by atoms with Crippen molar-refractivity contribution in [3.05, 3.63) is 35.4 Å². The van der Waals surface area contributed by atoms with Crippen molar-refractivity contribution in [1.82, 2.24) is 9.97 Å². The van der Waals surface area contributed by atoms with Crippen LogP contribution in [0.5, 0.6) is 0 Å². The zero-order valence-electron chi connectivity index (χ0n) is 11.0. The third-order valence-corrected chi connectivity index (χ3v) is 3.50. The first-order valence-corrected chi connectivity index (χ1v) is 7.47. The lowest BCUT2D eigenvalue weighted by molar-refractivity contribution is -0.115. The SMILES string of the molecule is Nc1cc(N)nc(SCCC(=O)Nc2cccc(Cl)c2)n1. The molecule has 0 aliphatic heterocycles. The Bertz CT molecular complexity index is 632. The lowest BCUT2D eigenvalue weighted by atomic mass is 10.3. The molecular formula is C13H14ClN5OS. The molecule has 0 saturated carbocycles. The van der Waals surface area contributed by atoms with E-state index in [9.17, 15) is 4.79 Å². The van der Waals surface area contributed by atoms with Gasteiger partial charge in [-0.25, -0.2) is 9.97 Å². The summed E-state index contributed by atoms with van der Waals surface area (Å²) >= 11 is 7.17. The van der Waals surface area contributed by atoms with Crippen molar-refractivity contribution in [3.63, 3.8) is 0 Å². The zero-order valence-corrected chi connectivity index (χ0v) is 12.6. The number of anilines is 3. The molecule has 1 heterocycles. The second-order valence-corrected chi connectivity index (χ2v) is 5.66. The van der Waals surface area contributed by atoms with E-state index >= 15 is 0 Å². The van der Waals surface area contributed by atoms with Gasteiger partial charge in [-0.1, -0.05) is 29.4 Å². The van der Waals surface area contributed by atoms with Crippen molar-refractivity contribution in [2.45, 2.75) is 11.6 Å². The summed E-state index contributed by atoms with van der Waals surface area (Å²) < 4.78 is 0. The van der Waals surface area contributed by atoms with E-state index in [1.807, 2.05) is 0 Å². The molecule has 5 N–H and O–H groups in total. The largest absolute Gasteiger partial charge is 0.383 e. The van der Waals surface area contributed by atoms with Crippen LogP contribution < -0.4 is 16.8 Å². The number of rotatable bonds is 5. The van der Waals surface area contributed by atoms with Crippen molar-refractivity contribution in [2.24, 2.45) is 0 Å². The molecule has 1 amide bonds. The van der Waals surface area contributed by atoms with Crippen molar-refractivity contribution in [3.8, 4) is 0 Å². The molecule has 0 aliphatic carbocycles. The number of nitrogens with one attached hydrogen (secondary N) is 1. The predicted molar refractivity (Wildman–Crippen MR) is 86.3 cm³/mol. The Hall–Kier alpha value is -1.99. The number of aromatic nitrogens is 2. The van der Waals surface area contributed by atoms with Gasteiger partial charge in [0, 0.05) is 29.0 Å². The molecule has 0 aliphatic rings. The minimum absolute atomic E-state index is 0.110. The summed E-state index contributed by atoms with van der Waals surface area (Å²) in [6, 6.07) is 8.47. The maximum Gasteiger partial charge on any atom is 0.225 e. The first-order chi connectivity index (χ1) is 10.0. The van der Waals surface area contributed by atoms with Gasteiger partial charge in [0.2, 0.25) is 5.91 Å². The molecule has 0 atom stereocenters. The Labute approximate surface area is 131 Å². The minimum Gasteiger partial charge on any atom is -0.383 e. The third-order valence-electron chi connectivity index (χ3n) is 2.41. The number of benzene rings is 1. The second kappa shape index (κ2) is 7.14. The molecular weight excluding hydrogens is 310 g/mol. The molecule has 2 rings (SSSR count). The highest BCUT2D eigenvalue weighted by Crippen LogP contribution is 2.18. The molecule has 0 unspecified atom stereocenters. The molecule has 8 heteroatoms. The van der Waals surface area contributed by atoms with Crippen LogP contribution in [0.3, 0.4) is 0 Å². The first-order valence-electron chi connectivity index (χ1n) is 6.11. The van der Waals surface area contributed by atoms with E-state index in [0.29, 0.717) is 39.7 Å². The topological polar surface area (TPSA) is 107 Å². The van der Waals surface area contributed by atoms with Crippen molar-refractivity contribution in [2.75, 3.05) is 22.5 Å². The number of thioether (sulfide) groups is 1. The van der Waals surface area contributed by atoms with Crippen LogP contribution in [0.25, 0.3) is 0 Å². The molecule has 0 spiro atoms. The van der Waals surface area contributed by atoms with E-state index in [1.54, 1.807) is 24.3 Å².